The molecule has 0 fully saturated rings. The number of phenols is 1. The van der Waals surface area contributed by atoms with Gasteiger partial charge in [0, 0.05) is 10.8 Å². The third kappa shape index (κ3) is 1.81. The van der Waals surface area contributed by atoms with E-state index in [9.17, 15) is 14.4 Å². The van der Waals surface area contributed by atoms with Crippen LogP contribution in [0.5, 0.6) is 5.75 Å². The molecule has 4 rings (SSSR count). The van der Waals surface area contributed by atoms with Crippen LogP contribution in [0.4, 0.5) is 10.1 Å². The average Bonchev–Trinajstić information content (AvgIpc) is 3.01. The van der Waals surface area contributed by atoms with Gasteiger partial charge in [0.1, 0.15) is 34.6 Å². The van der Waals surface area contributed by atoms with E-state index in [2.05, 4.69) is 10.2 Å². The van der Waals surface area contributed by atoms with Crippen LogP contribution in [0.25, 0.3) is 27.5 Å². The zero-order valence-corrected chi connectivity index (χ0v) is 11.8. The number of halogens is 1. The molecular formula is C17H10FN3O2. The first kappa shape index (κ1) is 13.4. The maximum Gasteiger partial charge on any atom is 0.149 e. The summed E-state index contributed by atoms with van der Waals surface area (Å²) in [5.74, 6) is -0.524. The molecule has 0 aliphatic rings. The largest absolute Gasteiger partial charge is 0.505 e. The fourth-order valence-corrected chi connectivity index (χ4v) is 2.82. The van der Waals surface area contributed by atoms with Crippen LogP contribution in [0.2, 0.25) is 0 Å². The maximum atomic E-state index is 14.1. The highest BCUT2D eigenvalue weighted by Crippen LogP contribution is 2.42. The standard InChI is InChI=1S/C17H10FN3O2/c18-12-7-3-4-8-13(12)21-9-19-15-14(20-23)10-5-1-2-6-11(10)17(22)16(15)21/h1-9,22H. The highest BCUT2D eigenvalue weighted by Gasteiger charge is 2.20. The Labute approximate surface area is 129 Å². The quantitative estimate of drug-likeness (QED) is 0.557. The van der Waals surface area contributed by atoms with Crippen molar-refractivity contribution in [3.8, 4) is 11.4 Å². The lowest BCUT2D eigenvalue weighted by atomic mass is 10.1. The fraction of sp³-hybridized carbons (Fsp3) is 0. The SMILES string of the molecule is O=Nc1c2ccccc2c(O)c2c1ncn2-c1ccccc1F. The molecule has 0 spiro atoms. The van der Waals surface area contributed by atoms with Crippen molar-refractivity contribution < 1.29 is 9.50 Å². The van der Waals surface area contributed by atoms with Gasteiger partial charge >= 0.3 is 0 Å². The minimum absolute atomic E-state index is 0.0660. The summed E-state index contributed by atoms with van der Waals surface area (Å²) in [6.07, 6.45) is 1.37. The number of imidazole rings is 1. The summed E-state index contributed by atoms with van der Waals surface area (Å²) in [7, 11) is 0. The van der Waals surface area contributed by atoms with Crippen LogP contribution >= 0.6 is 0 Å². The predicted octanol–water partition coefficient (Wildman–Crippen LogP) is 4.42. The van der Waals surface area contributed by atoms with Gasteiger partial charge < -0.3 is 5.11 Å². The van der Waals surface area contributed by atoms with E-state index in [0.717, 1.165) is 0 Å². The Morgan fingerprint density at radius 1 is 1.04 bits per heavy atom. The number of rotatable bonds is 2. The van der Waals surface area contributed by atoms with E-state index in [1.165, 1.54) is 17.0 Å². The molecule has 0 bridgehead atoms. The predicted molar refractivity (Wildman–Crippen MR) is 85.7 cm³/mol. The smallest absolute Gasteiger partial charge is 0.149 e. The van der Waals surface area contributed by atoms with Gasteiger partial charge in [0.15, 0.2) is 0 Å². The molecule has 1 heterocycles. The number of para-hydroxylation sites is 1. The molecule has 6 heteroatoms. The molecule has 0 unspecified atom stereocenters. The van der Waals surface area contributed by atoms with E-state index in [0.29, 0.717) is 10.8 Å². The van der Waals surface area contributed by atoms with Crippen molar-refractivity contribution in [3.05, 3.63) is 65.6 Å². The van der Waals surface area contributed by atoms with Crippen molar-refractivity contribution in [2.75, 3.05) is 0 Å². The molecule has 5 nitrogen and oxygen atoms in total. The molecule has 0 saturated carbocycles. The first-order chi connectivity index (χ1) is 11.2. The molecule has 0 amide bonds. The minimum atomic E-state index is -0.458. The van der Waals surface area contributed by atoms with Crippen LogP contribution in [-0.4, -0.2) is 14.7 Å². The molecule has 3 aromatic carbocycles. The number of hydrogen-bond donors (Lipinski definition) is 1. The minimum Gasteiger partial charge on any atom is -0.505 e. The molecule has 1 aromatic heterocycles. The second-order valence-corrected chi connectivity index (χ2v) is 5.10. The summed E-state index contributed by atoms with van der Waals surface area (Å²) in [4.78, 5) is 15.5. The van der Waals surface area contributed by atoms with Gasteiger partial charge in [0.2, 0.25) is 0 Å². The molecule has 0 aliphatic heterocycles. The number of fused-ring (bicyclic) bond motifs is 2. The molecule has 0 atom stereocenters. The van der Waals surface area contributed by atoms with Gasteiger partial charge in [-0.2, -0.15) is 0 Å². The van der Waals surface area contributed by atoms with Crippen molar-refractivity contribution in [1.29, 1.82) is 0 Å². The topological polar surface area (TPSA) is 67.5 Å². The average molecular weight is 307 g/mol. The monoisotopic (exact) mass is 307 g/mol. The van der Waals surface area contributed by atoms with E-state index in [1.54, 1.807) is 42.5 Å². The lowest BCUT2D eigenvalue weighted by Crippen LogP contribution is -1.96. The van der Waals surface area contributed by atoms with Crippen LogP contribution in [0.1, 0.15) is 0 Å². The van der Waals surface area contributed by atoms with Crippen LogP contribution in [0, 0.1) is 10.7 Å². The molecule has 23 heavy (non-hydrogen) atoms. The summed E-state index contributed by atoms with van der Waals surface area (Å²) in [6, 6.07) is 13.0. The molecular weight excluding hydrogens is 297 g/mol. The molecule has 112 valence electrons. The summed E-state index contributed by atoms with van der Waals surface area (Å²) in [5.41, 5.74) is 0.851. The Morgan fingerprint density at radius 2 is 1.74 bits per heavy atom. The summed E-state index contributed by atoms with van der Waals surface area (Å²) in [5, 5.41) is 14.7. The van der Waals surface area contributed by atoms with Crippen molar-refractivity contribution in [2.24, 2.45) is 5.18 Å². The third-order valence-electron chi connectivity index (χ3n) is 3.86. The lowest BCUT2D eigenvalue weighted by Gasteiger charge is -2.09. The Kier molecular flexibility index (Phi) is 2.84. The Balaban J connectivity index is 2.20. The zero-order chi connectivity index (χ0) is 16.0. The van der Waals surface area contributed by atoms with Gasteiger partial charge in [0.25, 0.3) is 0 Å². The van der Waals surface area contributed by atoms with Gasteiger partial charge in [0.05, 0.1) is 5.69 Å². The first-order valence-electron chi connectivity index (χ1n) is 6.91. The highest BCUT2D eigenvalue weighted by atomic mass is 19.1. The van der Waals surface area contributed by atoms with Gasteiger partial charge in [-0.05, 0) is 17.3 Å². The third-order valence-corrected chi connectivity index (χ3v) is 3.86. The number of nitrogens with zero attached hydrogens (tertiary/aromatic N) is 3. The van der Waals surface area contributed by atoms with Gasteiger partial charge in [-0.3, -0.25) is 4.57 Å². The van der Waals surface area contributed by atoms with Crippen molar-refractivity contribution in [2.45, 2.75) is 0 Å². The number of aromatic hydroxyl groups is 1. The summed E-state index contributed by atoms with van der Waals surface area (Å²) >= 11 is 0. The molecule has 4 aromatic rings. The number of aromatic nitrogens is 2. The normalized spacial score (nSPS) is 11.2. The number of nitroso groups, excluding NO2 is 1. The Bertz CT molecular complexity index is 1070. The van der Waals surface area contributed by atoms with E-state index >= 15 is 0 Å². The van der Waals surface area contributed by atoms with Crippen LogP contribution < -0.4 is 0 Å². The van der Waals surface area contributed by atoms with E-state index < -0.39 is 5.82 Å². The second-order valence-electron chi connectivity index (χ2n) is 5.10. The zero-order valence-electron chi connectivity index (χ0n) is 11.8. The maximum absolute atomic E-state index is 14.1. The van der Waals surface area contributed by atoms with Crippen LogP contribution in [0.15, 0.2) is 60.0 Å². The van der Waals surface area contributed by atoms with Gasteiger partial charge in [-0.15, -0.1) is 4.91 Å². The van der Waals surface area contributed by atoms with Crippen LogP contribution in [-0.2, 0) is 0 Å². The number of benzene rings is 3. The van der Waals surface area contributed by atoms with Crippen molar-refractivity contribution >= 4 is 27.5 Å². The Morgan fingerprint density at radius 3 is 2.48 bits per heavy atom. The molecule has 0 aliphatic carbocycles. The van der Waals surface area contributed by atoms with Crippen LogP contribution in [0.3, 0.4) is 0 Å². The molecule has 0 saturated heterocycles. The van der Waals surface area contributed by atoms with E-state index in [-0.39, 0.29) is 28.2 Å². The van der Waals surface area contributed by atoms with E-state index in [1.807, 2.05) is 0 Å². The summed E-state index contributed by atoms with van der Waals surface area (Å²) in [6.45, 7) is 0. The number of phenolic OH excluding ortho intramolecular Hbond substituents is 1. The fourth-order valence-electron chi connectivity index (χ4n) is 2.82. The first-order valence-corrected chi connectivity index (χ1v) is 6.91. The van der Waals surface area contributed by atoms with Gasteiger partial charge in [-0.25, -0.2) is 9.37 Å². The number of hydrogen-bond acceptors (Lipinski definition) is 4. The molecule has 1 N–H and O–H groups in total. The molecule has 0 radical (unpaired) electrons. The highest BCUT2D eigenvalue weighted by molar-refractivity contribution is 6.12. The van der Waals surface area contributed by atoms with Crippen molar-refractivity contribution in [3.63, 3.8) is 0 Å². The lowest BCUT2D eigenvalue weighted by molar-refractivity contribution is 0.485. The van der Waals surface area contributed by atoms with E-state index in [4.69, 9.17) is 0 Å². The Hall–Kier alpha value is -3.28. The second kappa shape index (κ2) is 4.88. The van der Waals surface area contributed by atoms with Crippen molar-refractivity contribution in [1.82, 2.24) is 9.55 Å². The summed E-state index contributed by atoms with van der Waals surface area (Å²) < 4.78 is 15.5. The van der Waals surface area contributed by atoms with Gasteiger partial charge in [-0.1, -0.05) is 36.4 Å².